The van der Waals surface area contributed by atoms with Crippen LogP contribution in [0.2, 0.25) is 0 Å². The molecule has 1 saturated heterocycles. The predicted molar refractivity (Wildman–Crippen MR) is 113 cm³/mol. The van der Waals surface area contributed by atoms with Crippen LogP contribution in [-0.2, 0) is 19.5 Å². The van der Waals surface area contributed by atoms with Gasteiger partial charge in [-0.15, -0.1) is 0 Å². The van der Waals surface area contributed by atoms with Crippen molar-refractivity contribution in [2.75, 3.05) is 31.1 Å². The third-order valence-electron chi connectivity index (χ3n) is 5.83. The monoisotopic (exact) mass is 398 g/mol. The van der Waals surface area contributed by atoms with Crippen molar-refractivity contribution < 1.29 is 9.84 Å². The molecule has 1 aromatic heterocycles. The predicted octanol–water partition coefficient (Wildman–Crippen LogP) is 2.67. The number of aromatic hydroxyl groups is 1. The summed E-state index contributed by atoms with van der Waals surface area (Å²) in [7, 11) is 0. The second kappa shape index (κ2) is 8.45. The molecule has 7 heteroatoms. The minimum atomic E-state index is 0.00569. The Morgan fingerprint density at radius 2 is 2.21 bits per heavy atom. The van der Waals surface area contributed by atoms with Crippen LogP contribution in [0.5, 0.6) is 11.5 Å². The van der Waals surface area contributed by atoms with Gasteiger partial charge in [0.2, 0.25) is 5.95 Å². The molecule has 0 spiro atoms. The molecule has 3 heterocycles. The minimum absolute atomic E-state index is 0.00569. The molecule has 2 aromatic rings. The highest BCUT2D eigenvalue weighted by Crippen LogP contribution is 2.28. The number of hydrogen-bond donors (Lipinski definition) is 2. The number of ether oxygens (including phenoxy) is 1. The topological polar surface area (TPSA) is 81.7 Å². The fourth-order valence-electron chi connectivity index (χ4n) is 4.33. The molecule has 1 fully saturated rings. The van der Waals surface area contributed by atoms with Gasteiger partial charge >= 0.3 is 0 Å². The highest BCUT2D eigenvalue weighted by Gasteiger charge is 2.24. The molecule has 0 aliphatic carbocycles. The van der Waals surface area contributed by atoms with Gasteiger partial charge in [-0.3, -0.25) is 14.7 Å². The Labute approximate surface area is 171 Å². The summed E-state index contributed by atoms with van der Waals surface area (Å²) in [6, 6.07) is 5.48. The number of rotatable bonds is 5. The van der Waals surface area contributed by atoms with E-state index in [0.717, 1.165) is 49.4 Å². The van der Waals surface area contributed by atoms with Crippen molar-refractivity contribution in [2.45, 2.75) is 46.2 Å². The quantitative estimate of drug-likeness (QED) is 0.806. The number of benzene rings is 1. The first-order chi connectivity index (χ1) is 14.0. The number of phenols is 1. The molecule has 2 aliphatic heterocycles. The number of aromatic nitrogens is 2. The lowest BCUT2D eigenvalue weighted by Crippen LogP contribution is -2.39. The molecule has 0 bridgehead atoms. The van der Waals surface area contributed by atoms with Crippen molar-refractivity contribution in [3.63, 3.8) is 0 Å². The van der Waals surface area contributed by atoms with E-state index in [9.17, 15) is 9.90 Å². The summed E-state index contributed by atoms with van der Waals surface area (Å²) in [5, 5.41) is 9.91. The Morgan fingerprint density at radius 3 is 3.00 bits per heavy atom. The van der Waals surface area contributed by atoms with E-state index in [-0.39, 0.29) is 11.3 Å². The number of aromatic amines is 1. The first-order valence-electron chi connectivity index (χ1n) is 10.6. The molecule has 0 radical (unpaired) electrons. The molecule has 0 amide bonds. The van der Waals surface area contributed by atoms with Gasteiger partial charge in [-0.05, 0) is 49.8 Å². The van der Waals surface area contributed by atoms with Crippen LogP contribution in [0.3, 0.4) is 0 Å². The van der Waals surface area contributed by atoms with Gasteiger partial charge < -0.3 is 14.7 Å². The van der Waals surface area contributed by atoms with Crippen molar-refractivity contribution in [3.8, 4) is 11.5 Å². The van der Waals surface area contributed by atoms with Gasteiger partial charge in [0.1, 0.15) is 0 Å². The number of nitrogens with one attached hydrogen (secondary N) is 1. The van der Waals surface area contributed by atoms with Crippen molar-refractivity contribution in [2.24, 2.45) is 5.92 Å². The molecule has 0 saturated carbocycles. The number of fused-ring (bicyclic) bond motifs is 1. The first kappa shape index (κ1) is 19.8. The van der Waals surface area contributed by atoms with Crippen LogP contribution < -0.4 is 15.2 Å². The van der Waals surface area contributed by atoms with Crippen LogP contribution in [0.15, 0.2) is 23.0 Å². The van der Waals surface area contributed by atoms with Crippen LogP contribution in [-0.4, -0.2) is 46.2 Å². The summed E-state index contributed by atoms with van der Waals surface area (Å²) in [4.78, 5) is 25.0. The van der Waals surface area contributed by atoms with Gasteiger partial charge in [0.05, 0.1) is 12.3 Å². The van der Waals surface area contributed by atoms with Crippen molar-refractivity contribution >= 4 is 5.95 Å². The van der Waals surface area contributed by atoms with Gasteiger partial charge in [0, 0.05) is 38.3 Å². The van der Waals surface area contributed by atoms with E-state index in [0.29, 0.717) is 37.2 Å². The average molecular weight is 399 g/mol. The Morgan fingerprint density at radius 1 is 1.34 bits per heavy atom. The lowest BCUT2D eigenvalue weighted by Gasteiger charge is -2.33. The smallest absolute Gasteiger partial charge is 0.255 e. The van der Waals surface area contributed by atoms with Crippen LogP contribution in [0.1, 0.15) is 43.5 Å². The summed E-state index contributed by atoms with van der Waals surface area (Å²) < 4.78 is 5.50. The Balaban J connectivity index is 1.52. The standard InChI is InChI=1S/C22H30N4O3/c1-3-29-20-11-16(6-7-19(20)27)13-25-10-8-17-18(14-25)23-22(24-21(17)28)26-9-4-5-15(2)12-26/h6-7,11,15,27H,3-5,8-10,12-14H2,1-2H3,(H,23,24,28)/t15-/m1/s1. The SMILES string of the molecule is CCOc1cc(CN2CCc3c(nc(N4CCC[C@@H](C)C4)[nH]c3=O)C2)ccc1O. The molecule has 1 atom stereocenters. The normalized spacial score (nSPS) is 19.8. The maximum atomic E-state index is 12.6. The molecule has 2 N–H and O–H groups in total. The highest BCUT2D eigenvalue weighted by molar-refractivity contribution is 5.42. The zero-order valence-corrected chi connectivity index (χ0v) is 17.3. The second-order valence-corrected chi connectivity index (χ2v) is 8.20. The molecular weight excluding hydrogens is 368 g/mol. The number of hydrogen-bond acceptors (Lipinski definition) is 6. The van der Waals surface area contributed by atoms with Gasteiger partial charge in [0.25, 0.3) is 5.56 Å². The molecule has 2 aliphatic rings. The molecule has 1 aromatic carbocycles. The maximum absolute atomic E-state index is 12.6. The fraction of sp³-hybridized carbons (Fsp3) is 0.545. The highest BCUT2D eigenvalue weighted by atomic mass is 16.5. The largest absolute Gasteiger partial charge is 0.504 e. The van der Waals surface area contributed by atoms with E-state index < -0.39 is 0 Å². The average Bonchev–Trinajstić information content (AvgIpc) is 2.70. The van der Waals surface area contributed by atoms with Crippen LogP contribution in [0.4, 0.5) is 5.95 Å². The number of piperidine rings is 1. The summed E-state index contributed by atoms with van der Waals surface area (Å²) >= 11 is 0. The molecule has 4 rings (SSSR count). The zero-order chi connectivity index (χ0) is 20.4. The van der Waals surface area contributed by atoms with E-state index in [2.05, 4.69) is 21.7 Å². The number of nitrogens with zero attached hydrogens (tertiary/aromatic N) is 3. The third kappa shape index (κ3) is 4.40. The zero-order valence-electron chi connectivity index (χ0n) is 17.3. The first-order valence-corrected chi connectivity index (χ1v) is 10.6. The third-order valence-corrected chi connectivity index (χ3v) is 5.83. The van der Waals surface area contributed by atoms with Crippen LogP contribution in [0.25, 0.3) is 0 Å². The Kier molecular flexibility index (Phi) is 5.76. The van der Waals surface area contributed by atoms with E-state index >= 15 is 0 Å². The summed E-state index contributed by atoms with van der Waals surface area (Å²) in [6.45, 7) is 8.74. The fourth-order valence-corrected chi connectivity index (χ4v) is 4.33. The van der Waals surface area contributed by atoms with Crippen molar-refractivity contribution in [1.82, 2.24) is 14.9 Å². The molecular formula is C22H30N4O3. The molecule has 7 nitrogen and oxygen atoms in total. The Bertz CT molecular complexity index is 927. The van der Waals surface area contributed by atoms with Gasteiger partial charge in [-0.2, -0.15) is 0 Å². The van der Waals surface area contributed by atoms with Gasteiger partial charge in [-0.25, -0.2) is 4.98 Å². The van der Waals surface area contributed by atoms with E-state index in [1.54, 1.807) is 6.07 Å². The summed E-state index contributed by atoms with van der Waals surface area (Å²) in [5.41, 5.74) is 2.78. The number of H-pyrrole nitrogens is 1. The van der Waals surface area contributed by atoms with Gasteiger partial charge in [0.15, 0.2) is 11.5 Å². The Hall–Kier alpha value is -2.54. The lowest BCUT2D eigenvalue weighted by atomic mass is 10.0. The van der Waals surface area contributed by atoms with E-state index in [4.69, 9.17) is 9.72 Å². The minimum Gasteiger partial charge on any atom is -0.504 e. The van der Waals surface area contributed by atoms with Crippen molar-refractivity contribution in [3.05, 3.63) is 45.4 Å². The lowest BCUT2D eigenvalue weighted by molar-refractivity contribution is 0.239. The van der Waals surface area contributed by atoms with E-state index in [1.807, 2.05) is 19.1 Å². The van der Waals surface area contributed by atoms with E-state index in [1.165, 1.54) is 6.42 Å². The number of anilines is 1. The number of phenolic OH excluding ortho intramolecular Hbond substituents is 1. The molecule has 29 heavy (non-hydrogen) atoms. The summed E-state index contributed by atoms with van der Waals surface area (Å²) in [5.74, 6) is 2.01. The molecule has 0 unspecified atom stereocenters. The van der Waals surface area contributed by atoms with Crippen LogP contribution >= 0.6 is 0 Å². The maximum Gasteiger partial charge on any atom is 0.255 e. The van der Waals surface area contributed by atoms with Gasteiger partial charge in [-0.1, -0.05) is 13.0 Å². The second-order valence-electron chi connectivity index (χ2n) is 8.20. The summed E-state index contributed by atoms with van der Waals surface area (Å²) in [6.07, 6.45) is 3.07. The van der Waals surface area contributed by atoms with Crippen molar-refractivity contribution in [1.29, 1.82) is 0 Å². The van der Waals surface area contributed by atoms with Crippen LogP contribution in [0, 0.1) is 5.92 Å². The molecule has 156 valence electrons.